The first-order chi connectivity index (χ1) is 11.2. The van der Waals surface area contributed by atoms with E-state index in [-0.39, 0.29) is 25.1 Å². The predicted molar refractivity (Wildman–Crippen MR) is 91.7 cm³/mol. The third kappa shape index (κ3) is 3.22. The van der Waals surface area contributed by atoms with Crippen molar-refractivity contribution in [1.29, 1.82) is 0 Å². The number of carbonyl (C=O) groups excluding carboxylic acids is 1. The number of carboxylic acids is 1. The van der Waals surface area contributed by atoms with Crippen LogP contribution in [0.4, 0.5) is 0 Å². The maximum absolute atomic E-state index is 12.1. The van der Waals surface area contributed by atoms with Gasteiger partial charge in [0.2, 0.25) is 0 Å². The molecule has 132 valence electrons. The van der Waals surface area contributed by atoms with Crippen LogP contribution in [0, 0.1) is 0 Å². The van der Waals surface area contributed by atoms with E-state index in [1.54, 1.807) is 6.92 Å². The Kier molecular flexibility index (Phi) is 5.71. The molecule has 0 aromatic rings. The van der Waals surface area contributed by atoms with Crippen LogP contribution in [0.25, 0.3) is 0 Å². The molecule has 10 heteroatoms. The molecule has 2 aliphatic rings. The van der Waals surface area contributed by atoms with E-state index in [1.165, 1.54) is 7.11 Å². The highest BCUT2D eigenvalue weighted by Crippen LogP contribution is 2.48. The van der Waals surface area contributed by atoms with Gasteiger partial charge < -0.3 is 25.1 Å². The zero-order valence-corrected chi connectivity index (χ0v) is 16.1. The molecule has 0 bridgehead atoms. The third-order valence-electron chi connectivity index (χ3n) is 3.90. The Morgan fingerprint density at radius 3 is 2.75 bits per heavy atom. The molecule has 2 rings (SSSR count). The SMILES string of the molecule is COC1=C(Br)C(O)C2(CC(C(=O)NCCC(=O)O)=NO2)C(C)=C1Br. The van der Waals surface area contributed by atoms with Crippen LogP contribution in [-0.4, -0.2) is 53.2 Å². The molecule has 0 saturated heterocycles. The van der Waals surface area contributed by atoms with Gasteiger partial charge in [0.1, 0.15) is 17.6 Å². The van der Waals surface area contributed by atoms with Gasteiger partial charge in [0.05, 0.1) is 22.5 Å². The fraction of sp³-hybridized carbons (Fsp3) is 0.500. The molecule has 1 heterocycles. The summed E-state index contributed by atoms with van der Waals surface area (Å²) in [5, 5.41) is 25.5. The quantitative estimate of drug-likeness (QED) is 0.562. The van der Waals surface area contributed by atoms with E-state index < -0.39 is 23.6 Å². The Labute approximate surface area is 154 Å². The van der Waals surface area contributed by atoms with E-state index in [4.69, 9.17) is 14.7 Å². The zero-order chi connectivity index (χ0) is 18.1. The fourth-order valence-electron chi connectivity index (χ4n) is 2.49. The Balaban J connectivity index is 2.17. The number of aliphatic hydroxyl groups excluding tert-OH is 1. The van der Waals surface area contributed by atoms with E-state index in [9.17, 15) is 14.7 Å². The van der Waals surface area contributed by atoms with Crippen LogP contribution in [0.5, 0.6) is 0 Å². The van der Waals surface area contributed by atoms with Gasteiger partial charge in [-0.25, -0.2) is 0 Å². The number of carbonyl (C=O) groups is 2. The lowest BCUT2D eigenvalue weighted by atomic mass is 9.80. The zero-order valence-electron chi connectivity index (χ0n) is 12.9. The molecule has 1 amide bonds. The summed E-state index contributed by atoms with van der Waals surface area (Å²) in [5.41, 5.74) is -0.508. The molecule has 1 aliphatic carbocycles. The van der Waals surface area contributed by atoms with Crippen LogP contribution in [0.2, 0.25) is 0 Å². The number of nitrogens with one attached hydrogen (secondary N) is 1. The minimum Gasteiger partial charge on any atom is -0.495 e. The minimum absolute atomic E-state index is 0.0152. The number of halogens is 2. The van der Waals surface area contributed by atoms with Crippen molar-refractivity contribution in [2.45, 2.75) is 31.5 Å². The molecule has 2 atom stereocenters. The number of allylic oxidation sites excluding steroid dienone is 1. The van der Waals surface area contributed by atoms with Gasteiger partial charge in [-0.2, -0.15) is 0 Å². The molecule has 3 N–H and O–H groups in total. The topological polar surface area (TPSA) is 117 Å². The van der Waals surface area contributed by atoms with Gasteiger partial charge in [0, 0.05) is 13.0 Å². The van der Waals surface area contributed by atoms with Gasteiger partial charge in [-0.15, -0.1) is 0 Å². The maximum atomic E-state index is 12.1. The largest absolute Gasteiger partial charge is 0.495 e. The number of hydrogen-bond acceptors (Lipinski definition) is 6. The number of hydrogen-bond donors (Lipinski definition) is 3. The summed E-state index contributed by atoms with van der Waals surface area (Å²) in [6.45, 7) is 1.73. The molecule has 8 nitrogen and oxygen atoms in total. The summed E-state index contributed by atoms with van der Waals surface area (Å²) in [5.74, 6) is -1.10. The summed E-state index contributed by atoms with van der Waals surface area (Å²) in [6, 6.07) is 0. The molecule has 24 heavy (non-hydrogen) atoms. The number of ether oxygens (including phenoxy) is 1. The van der Waals surface area contributed by atoms with Crippen molar-refractivity contribution in [3.8, 4) is 0 Å². The van der Waals surface area contributed by atoms with E-state index in [0.29, 0.717) is 20.3 Å². The highest BCUT2D eigenvalue weighted by molar-refractivity contribution is 9.12. The number of amides is 1. The number of nitrogens with zero attached hydrogens (tertiary/aromatic N) is 1. The van der Waals surface area contributed by atoms with Gasteiger partial charge in [0.25, 0.3) is 5.91 Å². The number of methoxy groups -OCH3 is 1. The van der Waals surface area contributed by atoms with Gasteiger partial charge in [-0.3, -0.25) is 9.59 Å². The maximum Gasteiger partial charge on any atom is 0.305 e. The normalized spacial score (nSPS) is 26.4. The van der Waals surface area contributed by atoms with E-state index in [0.717, 1.165) is 0 Å². The fourth-order valence-corrected chi connectivity index (χ4v) is 4.19. The van der Waals surface area contributed by atoms with Crippen molar-refractivity contribution >= 4 is 49.4 Å². The summed E-state index contributed by atoms with van der Waals surface area (Å²) in [6.07, 6.45) is -1.26. The summed E-state index contributed by atoms with van der Waals surface area (Å²) in [7, 11) is 1.48. The molecule has 0 saturated carbocycles. The van der Waals surface area contributed by atoms with Crippen molar-refractivity contribution in [3.63, 3.8) is 0 Å². The van der Waals surface area contributed by atoms with Crippen molar-refractivity contribution in [3.05, 3.63) is 20.3 Å². The van der Waals surface area contributed by atoms with Crippen LogP contribution in [0.15, 0.2) is 25.5 Å². The van der Waals surface area contributed by atoms with E-state index in [2.05, 4.69) is 42.3 Å². The third-order valence-corrected chi connectivity index (χ3v) is 5.65. The van der Waals surface area contributed by atoms with Crippen molar-refractivity contribution in [2.24, 2.45) is 5.16 Å². The van der Waals surface area contributed by atoms with Gasteiger partial charge in [0.15, 0.2) is 5.60 Å². The molecule has 0 radical (unpaired) electrons. The number of aliphatic carboxylic acids is 1. The Morgan fingerprint density at radius 2 is 2.17 bits per heavy atom. The molecular formula is C14H16Br2N2O6. The predicted octanol–water partition coefficient (Wildman–Crippen LogP) is 1.39. The van der Waals surface area contributed by atoms with Gasteiger partial charge in [-0.1, -0.05) is 5.16 Å². The summed E-state index contributed by atoms with van der Waals surface area (Å²) < 4.78 is 6.23. The van der Waals surface area contributed by atoms with Crippen LogP contribution in [0.1, 0.15) is 19.8 Å². The van der Waals surface area contributed by atoms with Crippen LogP contribution in [0.3, 0.4) is 0 Å². The first kappa shape index (κ1) is 18.9. The van der Waals surface area contributed by atoms with Crippen molar-refractivity contribution in [2.75, 3.05) is 13.7 Å². The monoisotopic (exact) mass is 466 g/mol. The molecule has 0 fully saturated rings. The average Bonchev–Trinajstić information content (AvgIpc) is 2.98. The highest BCUT2D eigenvalue weighted by atomic mass is 79.9. The Bertz CT molecular complexity index is 672. The number of aliphatic hydroxyl groups is 1. The molecular weight excluding hydrogens is 452 g/mol. The number of carboxylic acid groups (broad SMARTS) is 1. The van der Waals surface area contributed by atoms with E-state index >= 15 is 0 Å². The number of oxime groups is 1. The average molecular weight is 468 g/mol. The van der Waals surface area contributed by atoms with Gasteiger partial charge in [-0.05, 0) is 44.4 Å². The Morgan fingerprint density at radius 1 is 1.50 bits per heavy atom. The second-order valence-corrected chi connectivity index (χ2v) is 6.97. The Hall–Kier alpha value is -1.39. The van der Waals surface area contributed by atoms with Gasteiger partial charge >= 0.3 is 5.97 Å². The first-order valence-corrected chi connectivity index (χ1v) is 8.57. The lowest BCUT2D eigenvalue weighted by Crippen LogP contribution is -2.48. The smallest absolute Gasteiger partial charge is 0.305 e. The minimum atomic E-state index is -1.22. The van der Waals surface area contributed by atoms with E-state index in [1.807, 2.05) is 0 Å². The first-order valence-electron chi connectivity index (χ1n) is 6.98. The lowest BCUT2D eigenvalue weighted by Gasteiger charge is -2.37. The lowest BCUT2D eigenvalue weighted by molar-refractivity contribution is -0.136. The molecule has 2 unspecified atom stereocenters. The second-order valence-electron chi connectivity index (χ2n) is 5.32. The summed E-state index contributed by atoms with van der Waals surface area (Å²) >= 11 is 6.70. The summed E-state index contributed by atoms with van der Waals surface area (Å²) in [4.78, 5) is 28.0. The van der Waals surface area contributed by atoms with Crippen molar-refractivity contribution < 1.29 is 29.4 Å². The molecule has 0 aromatic heterocycles. The molecule has 0 aromatic carbocycles. The van der Waals surface area contributed by atoms with Crippen LogP contribution < -0.4 is 5.32 Å². The van der Waals surface area contributed by atoms with Crippen LogP contribution >= 0.6 is 31.9 Å². The molecule has 1 aliphatic heterocycles. The standard InChI is InChI=1S/C14H16Br2N2O6/c1-6-9(15)11(23-2)10(16)12(21)14(6)5-7(18-24-14)13(22)17-4-3-8(19)20/h12,21H,3-5H2,1-2H3,(H,17,22)(H,19,20). The number of rotatable bonds is 5. The molecule has 1 spiro atoms. The van der Waals surface area contributed by atoms with Crippen molar-refractivity contribution in [1.82, 2.24) is 5.32 Å². The second kappa shape index (κ2) is 7.24. The highest BCUT2D eigenvalue weighted by Gasteiger charge is 2.54. The van der Waals surface area contributed by atoms with Crippen LogP contribution in [-0.2, 0) is 19.2 Å².